The SMILES string of the molecule is COc1c(O)ccc2cc(NC(=O)O)c(=O)oc12. The van der Waals surface area contributed by atoms with Crippen molar-refractivity contribution in [3.63, 3.8) is 0 Å². The third-order valence-corrected chi connectivity index (χ3v) is 2.28. The predicted octanol–water partition coefficient (Wildman–Crippen LogP) is 1.60. The maximum absolute atomic E-state index is 11.5. The highest BCUT2D eigenvalue weighted by Gasteiger charge is 2.13. The molecule has 0 radical (unpaired) electrons. The molecule has 3 N–H and O–H groups in total. The van der Waals surface area contributed by atoms with Gasteiger partial charge in [0.15, 0.2) is 11.3 Å². The van der Waals surface area contributed by atoms with Crippen molar-refractivity contribution in [3.8, 4) is 11.5 Å². The zero-order chi connectivity index (χ0) is 13.3. The molecule has 0 saturated carbocycles. The normalized spacial score (nSPS) is 10.3. The van der Waals surface area contributed by atoms with E-state index in [0.29, 0.717) is 5.39 Å². The van der Waals surface area contributed by atoms with Crippen LogP contribution in [-0.2, 0) is 0 Å². The Morgan fingerprint density at radius 3 is 2.78 bits per heavy atom. The van der Waals surface area contributed by atoms with Gasteiger partial charge < -0.3 is 19.4 Å². The van der Waals surface area contributed by atoms with Gasteiger partial charge in [0, 0.05) is 5.39 Å². The lowest BCUT2D eigenvalue weighted by Gasteiger charge is -2.07. The maximum atomic E-state index is 11.5. The number of rotatable bonds is 2. The molecule has 7 nitrogen and oxygen atoms in total. The topological polar surface area (TPSA) is 109 Å². The molecule has 18 heavy (non-hydrogen) atoms. The summed E-state index contributed by atoms with van der Waals surface area (Å²) in [5.74, 6) is -0.154. The largest absolute Gasteiger partial charge is 0.504 e. The number of ether oxygens (including phenoxy) is 1. The molecule has 0 aliphatic rings. The molecule has 1 aromatic heterocycles. The summed E-state index contributed by atoms with van der Waals surface area (Å²) >= 11 is 0. The number of carboxylic acid groups (broad SMARTS) is 1. The number of carbonyl (C=O) groups is 1. The fourth-order valence-electron chi connectivity index (χ4n) is 1.55. The van der Waals surface area contributed by atoms with Gasteiger partial charge in [0.1, 0.15) is 5.69 Å². The van der Waals surface area contributed by atoms with E-state index in [-0.39, 0.29) is 22.8 Å². The molecular formula is C11H9NO6. The van der Waals surface area contributed by atoms with Crippen LogP contribution in [0.4, 0.5) is 10.5 Å². The van der Waals surface area contributed by atoms with Crippen LogP contribution in [0.2, 0.25) is 0 Å². The van der Waals surface area contributed by atoms with E-state index in [0.717, 1.165) is 0 Å². The number of nitrogens with one attached hydrogen (secondary N) is 1. The van der Waals surface area contributed by atoms with Gasteiger partial charge in [0.05, 0.1) is 7.11 Å². The lowest BCUT2D eigenvalue weighted by molar-refractivity contribution is 0.209. The summed E-state index contributed by atoms with van der Waals surface area (Å²) in [6.45, 7) is 0. The van der Waals surface area contributed by atoms with Crippen molar-refractivity contribution in [3.05, 3.63) is 28.6 Å². The van der Waals surface area contributed by atoms with Crippen LogP contribution < -0.4 is 15.7 Å². The molecule has 1 amide bonds. The number of methoxy groups -OCH3 is 1. The molecule has 0 fully saturated rings. The molecule has 0 atom stereocenters. The maximum Gasteiger partial charge on any atom is 0.409 e. The van der Waals surface area contributed by atoms with E-state index in [2.05, 4.69) is 0 Å². The number of hydrogen-bond donors (Lipinski definition) is 3. The van der Waals surface area contributed by atoms with E-state index < -0.39 is 11.7 Å². The molecule has 1 aromatic carbocycles. The van der Waals surface area contributed by atoms with Crippen molar-refractivity contribution in [2.24, 2.45) is 0 Å². The van der Waals surface area contributed by atoms with E-state index in [1.807, 2.05) is 5.32 Å². The lowest BCUT2D eigenvalue weighted by atomic mass is 10.2. The quantitative estimate of drug-likeness (QED) is 0.699. The number of fused-ring (bicyclic) bond motifs is 1. The highest BCUT2D eigenvalue weighted by atomic mass is 16.5. The van der Waals surface area contributed by atoms with Gasteiger partial charge in [-0.1, -0.05) is 0 Å². The second kappa shape index (κ2) is 4.28. The van der Waals surface area contributed by atoms with Gasteiger partial charge in [-0.25, -0.2) is 9.59 Å². The Morgan fingerprint density at radius 2 is 2.17 bits per heavy atom. The zero-order valence-electron chi connectivity index (χ0n) is 9.26. The van der Waals surface area contributed by atoms with Crippen molar-refractivity contribution < 1.29 is 24.2 Å². The van der Waals surface area contributed by atoms with E-state index in [1.165, 1.54) is 25.3 Å². The van der Waals surface area contributed by atoms with Crippen LogP contribution in [0.25, 0.3) is 11.0 Å². The average molecular weight is 251 g/mol. The molecule has 0 unspecified atom stereocenters. The molecule has 94 valence electrons. The summed E-state index contributed by atoms with van der Waals surface area (Å²) in [5, 5.41) is 20.4. The van der Waals surface area contributed by atoms with Gasteiger partial charge in [-0.2, -0.15) is 0 Å². The first-order chi connectivity index (χ1) is 8.52. The number of anilines is 1. The second-order valence-electron chi connectivity index (χ2n) is 3.41. The Morgan fingerprint density at radius 1 is 1.44 bits per heavy atom. The Kier molecular flexibility index (Phi) is 2.80. The Labute approximate surface area is 100 Å². The van der Waals surface area contributed by atoms with Gasteiger partial charge in [-0.3, -0.25) is 5.32 Å². The first kappa shape index (κ1) is 11.8. The van der Waals surface area contributed by atoms with E-state index in [1.54, 1.807) is 0 Å². The minimum atomic E-state index is -1.37. The minimum absolute atomic E-state index is 0.0199. The summed E-state index contributed by atoms with van der Waals surface area (Å²) < 4.78 is 9.84. The fourth-order valence-corrected chi connectivity index (χ4v) is 1.55. The minimum Gasteiger partial charge on any atom is -0.504 e. The summed E-state index contributed by atoms with van der Waals surface area (Å²) in [6, 6.07) is 4.13. The third-order valence-electron chi connectivity index (χ3n) is 2.28. The van der Waals surface area contributed by atoms with E-state index >= 15 is 0 Å². The van der Waals surface area contributed by atoms with Crippen molar-refractivity contribution in [2.75, 3.05) is 12.4 Å². The van der Waals surface area contributed by atoms with Gasteiger partial charge in [-0.05, 0) is 18.2 Å². The number of amides is 1. The van der Waals surface area contributed by atoms with Gasteiger partial charge in [-0.15, -0.1) is 0 Å². The molecular weight excluding hydrogens is 242 g/mol. The molecule has 0 spiro atoms. The number of phenolic OH excluding ortho intramolecular Hbond substituents is 1. The average Bonchev–Trinajstić information content (AvgIpc) is 2.30. The molecule has 1 heterocycles. The summed E-state index contributed by atoms with van der Waals surface area (Å²) in [7, 11) is 1.32. The van der Waals surface area contributed by atoms with Crippen LogP contribution in [0.1, 0.15) is 0 Å². The summed E-state index contributed by atoms with van der Waals surface area (Å²) in [6.07, 6.45) is -1.37. The third kappa shape index (κ3) is 1.93. The summed E-state index contributed by atoms with van der Waals surface area (Å²) in [4.78, 5) is 22.0. The van der Waals surface area contributed by atoms with Crippen molar-refractivity contribution in [2.45, 2.75) is 0 Å². The van der Waals surface area contributed by atoms with Crippen LogP contribution in [0, 0.1) is 0 Å². The monoisotopic (exact) mass is 251 g/mol. The molecule has 0 bridgehead atoms. The molecule has 7 heteroatoms. The van der Waals surface area contributed by atoms with E-state index in [4.69, 9.17) is 14.3 Å². The molecule has 2 rings (SSSR count). The van der Waals surface area contributed by atoms with Crippen LogP contribution in [0.3, 0.4) is 0 Å². The highest BCUT2D eigenvalue weighted by molar-refractivity contribution is 5.90. The van der Waals surface area contributed by atoms with Crippen LogP contribution in [0.5, 0.6) is 11.5 Å². The second-order valence-corrected chi connectivity index (χ2v) is 3.41. The highest BCUT2D eigenvalue weighted by Crippen LogP contribution is 2.34. The van der Waals surface area contributed by atoms with Crippen molar-refractivity contribution >= 4 is 22.7 Å². The number of benzene rings is 1. The van der Waals surface area contributed by atoms with Crippen LogP contribution >= 0.6 is 0 Å². The Bertz CT molecular complexity index is 675. The molecule has 2 aromatic rings. The standard InChI is InChI=1S/C11H9NO6/c1-17-9-7(13)3-2-5-4-6(12-11(15)16)10(14)18-8(5)9/h2-4,12-13H,1H3,(H,15,16). The number of hydrogen-bond acceptors (Lipinski definition) is 5. The zero-order valence-corrected chi connectivity index (χ0v) is 9.26. The van der Waals surface area contributed by atoms with Crippen LogP contribution in [0.15, 0.2) is 27.4 Å². The van der Waals surface area contributed by atoms with E-state index in [9.17, 15) is 14.7 Å². The van der Waals surface area contributed by atoms with Crippen LogP contribution in [-0.4, -0.2) is 23.4 Å². The number of aromatic hydroxyl groups is 1. The molecule has 0 saturated heterocycles. The van der Waals surface area contributed by atoms with Gasteiger partial charge in [0.25, 0.3) is 0 Å². The van der Waals surface area contributed by atoms with Gasteiger partial charge >= 0.3 is 11.7 Å². The fraction of sp³-hybridized carbons (Fsp3) is 0.0909. The first-order valence-corrected chi connectivity index (χ1v) is 4.86. The first-order valence-electron chi connectivity index (χ1n) is 4.86. The van der Waals surface area contributed by atoms with Gasteiger partial charge in [0.2, 0.25) is 5.75 Å². The van der Waals surface area contributed by atoms with Crippen molar-refractivity contribution in [1.29, 1.82) is 0 Å². The smallest absolute Gasteiger partial charge is 0.409 e. The summed E-state index contributed by atoms with van der Waals surface area (Å²) in [5.41, 5.74) is -1.02. The lowest BCUT2D eigenvalue weighted by Crippen LogP contribution is -2.15. The molecule has 0 aliphatic carbocycles. The Balaban J connectivity index is 2.71. The molecule has 0 aliphatic heterocycles. The van der Waals surface area contributed by atoms with Crippen molar-refractivity contribution in [1.82, 2.24) is 0 Å². The Hall–Kier alpha value is -2.70. The predicted molar refractivity (Wildman–Crippen MR) is 62.3 cm³/mol. The number of phenols is 1.